The highest BCUT2D eigenvalue weighted by molar-refractivity contribution is 5.88. The van der Waals surface area contributed by atoms with Crippen molar-refractivity contribution in [1.82, 2.24) is 0 Å². The van der Waals surface area contributed by atoms with Crippen LogP contribution in [0.25, 0.3) is 0 Å². The second-order valence-electron chi connectivity index (χ2n) is 6.35. The number of aliphatic hydroxyl groups is 1. The van der Waals surface area contributed by atoms with Gasteiger partial charge in [-0.15, -0.1) is 0 Å². The maximum absolute atomic E-state index is 12.6. The molecule has 4 atom stereocenters. The summed E-state index contributed by atoms with van der Waals surface area (Å²) in [5.41, 5.74) is 0.754. The topological polar surface area (TPSA) is 105 Å². The van der Waals surface area contributed by atoms with Crippen LogP contribution in [-0.4, -0.2) is 28.1 Å². The minimum atomic E-state index is -1.31. The molecule has 0 amide bonds. The second-order valence-corrected chi connectivity index (χ2v) is 6.35. The molecule has 0 fully saturated rings. The van der Waals surface area contributed by atoms with Gasteiger partial charge in [-0.3, -0.25) is 14.4 Å². The van der Waals surface area contributed by atoms with E-state index in [9.17, 15) is 19.5 Å². The van der Waals surface area contributed by atoms with Crippen molar-refractivity contribution in [3.8, 4) is 0 Å². The molecular formula is C18H26O6. The van der Waals surface area contributed by atoms with Crippen LogP contribution in [0, 0.1) is 25.7 Å². The Bertz CT molecular complexity index is 687. The van der Waals surface area contributed by atoms with E-state index in [4.69, 9.17) is 9.52 Å². The Morgan fingerprint density at radius 2 is 1.62 bits per heavy atom. The zero-order chi connectivity index (χ0) is 18.8. The molecule has 0 aliphatic heterocycles. The van der Waals surface area contributed by atoms with Crippen molar-refractivity contribution in [1.29, 1.82) is 0 Å². The van der Waals surface area contributed by atoms with E-state index in [0.29, 0.717) is 23.3 Å². The number of rotatable bonds is 7. The lowest BCUT2D eigenvalue weighted by molar-refractivity contribution is -0.147. The molecule has 24 heavy (non-hydrogen) atoms. The van der Waals surface area contributed by atoms with Gasteiger partial charge in [0.25, 0.3) is 0 Å². The van der Waals surface area contributed by atoms with Gasteiger partial charge in [-0.05, 0) is 27.7 Å². The first kappa shape index (κ1) is 20.1. The largest absolute Gasteiger partial charge is 0.481 e. The zero-order valence-corrected chi connectivity index (χ0v) is 15.0. The molecule has 1 rings (SSSR count). The number of carbonyl (C=O) groups is 2. The average molecular weight is 338 g/mol. The Hall–Kier alpha value is -1.95. The fourth-order valence-electron chi connectivity index (χ4n) is 2.83. The van der Waals surface area contributed by atoms with Gasteiger partial charge < -0.3 is 14.6 Å². The summed E-state index contributed by atoms with van der Waals surface area (Å²) in [6.07, 6.45) is -0.774. The highest BCUT2D eigenvalue weighted by Crippen LogP contribution is 2.27. The van der Waals surface area contributed by atoms with Crippen LogP contribution in [0.3, 0.4) is 0 Å². The van der Waals surface area contributed by atoms with Crippen LogP contribution in [0.2, 0.25) is 0 Å². The minimum absolute atomic E-state index is 0.153. The van der Waals surface area contributed by atoms with Gasteiger partial charge in [-0.2, -0.15) is 0 Å². The molecule has 0 bridgehead atoms. The Morgan fingerprint density at radius 3 is 2.08 bits per heavy atom. The number of aryl methyl sites for hydroxylation is 1. The number of Topliss-reactive ketones (excluding diaryl/α,β-unsaturated/α-hetero) is 1. The molecule has 1 aromatic rings. The van der Waals surface area contributed by atoms with E-state index in [1.807, 2.05) is 6.92 Å². The standard InChI is InChI=1S/C18H26O6/c1-7-13-8(2)14(19)10(4)17(24-13)11(5)15(20)9(3)16(21)12(6)18(22)23/h9,11-12,16,21H,7H2,1-6H3,(H,22,23)/t9-,11-,12-,16-/m1/s1. The highest BCUT2D eigenvalue weighted by Gasteiger charge is 2.35. The number of carbonyl (C=O) groups excluding carboxylic acids is 1. The Kier molecular flexibility index (Phi) is 6.49. The number of aliphatic carboxylic acids is 1. The highest BCUT2D eigenvalue weighted by atomic mass is 16.4. The molecule has 0 saturated carbocycles. The van der Waals surface area contributed by atoms with Crippen LogP contribution in [-0.2, 0) is 16.0 Å². The fraction of sp³-hybridized carbons (Fsp3) is 0.611. The average Bonchev–Trinajstić information content (AvgIpc) is 2.56. The number of ketones is 1. The predicted octanol–water partition coefficient (Wildman–Crippen LogP) is 2.21. The van der Waals surface area contributed by atoms with Gasteiger partial charge in [-0.1, -0.05) is 13.8 Å². The van der Waals surface area contributed by atoms with Crippen molar-refractivity contribution in [2.24, 2.45) is 11.8 Å². The summed E-state index contributed by atoms with van der Waals surface area (Å²) in [4.78, 5) is 35.9. The summed E-state index contributed by atoms with van der Waals surface area (Å²) >= 11 is 0. The molecule has 0 aromatic carbocycles. The second kappa shape index (κ2) is 7.75. The summed E-state index contributed by atoms with van der Waals surface area (Å²) in [5.74, 6) is -3.39. The molecule has 0 radical (unpaired) electrons. The summed E-state index contributed by atoms with van der Waals surface area (Å²) in [5, 5.41) is 19.1. The van der Waals surface area contributed by atoms with Gasteiger partial charge in [-0.25, -0.2) is 0 Å². The number of hydrogen-bond donors (Lipinski definition) is 2. The quantitative estimate of drug-likeness (QED) is 0.790. The molecule has 1 heterocycles. The van der Waals surface area contributed by atoms with Gasteiger partial charge in [0.1, 0.15) is 17.3 Å². The van der Waals surface area contributed by atoms with E-state index in [1.165, 1.54) is 13.8 Å². The van der Waals surface area contributed by atoms with Crippen molar-refractivity contribution in [2.75, 3.05) is 0 Å². The fourth-order valence-corrected chi connectivity index (χ4v) is 2.83. The van der Waals surface area contributed by atoms with Gasteiger partial charge in [0.15, 0.2) is 5.43 Å². The molecule has 134 valence electrons. The van der Waals surface area contributed by atoms with E-state index < -0.39 is 29.8 Å². The predicted molar refractivity (Wildman–Crippen MR) is 89.2 cm³/mol. The lowest BCUT2D eigenvalue weighted by Gasteiger charge is -2.24. The van der Waals surface area contributed by atoms with E-state index >= 15 is 0 Å². The molecule has 0 saturated heterocycles. The maximum Gasteiger partial charge on any atom is 0.308 e. The molecule has 2 N–H and O–H groups in total. The summed E-state index contributed by atoms with van der Waals surface area (Å²) in [7, 11) is 0. The van der Waals surface area contributed by atoms with E-state index in [-0.39, 0.29) is 17.0 Å². The molecule has 6 nitrogen and oxygen atoms in total. The lowest BCUT2D eigenvalue weighted by atomic mass is 9.84. The first-order valence-corrected chi connectivity index (χ1v) is 8.12. The van der Waals surface area contributed by atoms with E-state index in [2.05, 4.69) is 0 Å². The molecule has 6 heteroatoms. The number of carboxylic acid groups (broad SMARTS) is 1. The molecular weight excluding hydrogens is 312 g/mol. The molecule has 0 aliphatic rings. The van der Waals surface area contributed by atoms with Crippen molar-refractivity contribution < 1.29 is 24.2 Å². The van der Waals surface area contributed by atoms with Gasteiger partial charge >= 0.3 is 5.97 Å². The monoisotopic (exact) mass is 338 g/mol. The minimum Gasteiger partial charge on any atom is -0.481 e. The van der Waals surface area contributed by atoms with Crippen LogP contribution in [0.4, 0.5) is 0 Å². The van der Waals surface area contributed by atoms with Crippen LogP contribution in [0.15, 0.2) is 9.21 Å². The third kappa shape index (κ3) is 3.75. The number of hydrogen-bond acceptors (Lipinski definition) is 5. The SMILES string of the molecule is CCc1oc([C@H](C)C(=O)[C@@H](C)[C@@H](O)[C@@H](C)C(=O)O)c(C)c(=O)c1C. The van der Waals surface area contributed by atoms with Gasteiger partial charge in [0.2, 0.25) is 0 Å². The smallest absolute Gasteiger partial charge is 0.308 e. The van der Waals surface area contributed by atoms with Crippen LogP contribution in [0.1, 0.15) is 56.3 Å². The van der Waals surface area contributed by atoms with Crippen molar-refractivity contribution in [3.63, 3.8) is 0 Å². The molecule has 0 aliphatic carbocycles. The van der Waals surface area contributed by atoms with Gasteiger partial charge in [0.05, 0.1) is 17.9 Å². The first-order valence-electron chi connectivity index (χ1n) is 8.12. The third-order valence-corrected chi connectivity index (χ3v) is 4.71. The normalized spacial score (nSPS) is 16.3. The Labute approximate surface area is 141 Å². The zero-order valence-electron chi connectivity index (χ0n) is 15.0. The van der Waals surface area contributed by atoms with E-state index in [0.717, 1.165) is 0 Å². The Morgan fingerprint density at radius 1 is 1.08 bits per heavy atom. The van der Waals surface area contributed by atoms with Crippen LogP contribution < -0.4 is 5.43 Å². The van der Waals surface area contributed by atoms with Crippen LogP contribution in [0.5, 0.6) is 0 Å². The van der Waals surface area contributed by atoms with Crippen LogP contribution >= 0.6 is 0 Å². The first-order chi connectivity index (χ1) is 11.0. The van der Waals surface area contributed by atoms with Crippen molar-refractivity contribution >= 4 is 11.8 Å². The molecule has 0 spiro atoms. The maximum atomic E-state index is 12.6. The summed E-state index contributed by atoms with van der Waals surface area (Å²) < 4.78 is 5.77. The molecule has 0 unspecified atom stereocenters. The number of aliphatic hydroxyl groups excluding tert-OH is 1. The lowest BCUT2D eigenvalue weighted by Crippen LogP contribution is -2.37. The third-order valence-electron chi connectivity index (χ3n) is 4.71. The Balaban J connectivity index is 3.20. The number of carboxylic acids is 1. The summed E-state index contributed by atoms with van der Waals surface area (Å²) in [6, 6.07) is 0. The van der Waals surface area contributed by atoms with E-state index in [1.54, 1.807) is 20.8 Å². The molecule has 1 aromatic heterocycles. The van der Waals surface area contributed by atoms with Crippen molar-refractivity contribution in [2.45, 2.75) is 60.0 Å². The van der Waals surface area contributed by atoms with Crippen molar-refractivity contribution in [3.05, 3.63) is 32.9 Å². The van der Waals surface area contributed by atoms with Gasteiger partial charge in [0, 0.05) is 23.5 Å². The summed E-state index contributed by atoms with van der Waals surface area (Å²) in [6.45, 7) is 9.61.